The fourth-order valence-corrected chi connectivity index (χ4v) is 2.73. The smallest absolute Gasteiger partial charge is 0.177 e. The molecule has 2 N–H and O–H groups in total. The second kappa shape index (κ2) is 5.54. The first-order valence-electron chi connectivity index (χ1n) is 6.34. The number of nitrogens with two attached hydrogens (primary N) is 1. The Morgan fingerprint density at radius 3 is 2.57 bits per heavy atom. The number of aromatic nitrogens is 1. The number of nitrogen functional groups attached to an aromatic ring is 1. The van der Waals surface area contributed by atoms with Crippen LogP contribution in [0.5, 0.6) is 0 Å². The molecule has 0 atom stereocenters. The fraction of sp³-hybridized carbons (Fsp3) is 0.0625. The van der Waals surface area contributed by atoms with Crippen LogP contribution in [0, 0.1) is 6.92 Å². The number of halogens is 2. The maximum Gasteiger partial charge on any atom is 0.177 e. The second-order valence-electron chi connectivity index (χ2n) is 4.69. The van der Waals surface area contributed by atoms with Crippen molar-refractivity contribution in [2.24, 2.45) is 0 Å². The molecule has 0 aliphatic carbocycles. The molecule has 0 saturated carbocycles. The molecule has 0 fully saturated rings. The van der Waals surface area contributed by atoms with E-state index >= 15 is 0 Å². The summed E-state index contributed by atoms with van der Waals surface area (Å²) in [5.74, 6) is 1.03. The van der Waals surface area contributed by atoms with E-state index in [1.807, 2.05) is 49.4 Å². The Hall–Kier alpha value is -1.78. The summed E-state index contributed by atoms with van der Waals surface area (Å²) in [7, 11) is 0. The predicted octanol–water partition coefficient (Wildman–Crippen LogP) is 5.32. The first kappa shape index (κ1) is 14.2. The molecule has 3 rings (SSSR count). The van der Waals surface area contributed by atoms with Crippen LogP contribution in [0.25, 0.3) is 22.5 Å². The normalized spacial score (nSPS) is 10.8. The second-order valence-corrected chi connectivity index (χ2v) is 5.98. The number of hydrogen-bond acceptors (Lipinski definition) is 3. The summed E-state index contributed by atoms with van der Waals surface area (Å²) in [5, 5.41) is 4.59. The van der Waals surface area contributed by atoms with Crippen LogP contribution in [0.1, 0.15) is 5.56 Å². The van der Waals surface area contributed by atoms with Crippen molar-refractivity contribution in [1.82, 2.24) is 5.16 Å². The maximum atomic E-state index is 5.99. The molecule has 0 saturated heterocycles. The lowest BCUT2D eigenvalue weighted by atomic mass is 9.99. The molecule has 0 amide bonds. The van der Waals surface area contributed by atoms with Crippen molar-refractivity contribution in [2.45, 2.75) is 6.92 Å². The van der Waals surface area contributed by atoms with Crippen molar-refractivity contribution in [3.8, 4) is 22.5 Å². The van der Waals surface area contributed by atoms with Crippen molar-refractivity contribution in [3.63, 3.8) is 0 Å². The molecule has 0 aliphatic rings. The summed E-state index contributed by atoms with van der Waals surface area (Å²) < 4.78 is 6.48. The number of rotatable bonds is 2. The third-order valence-electron chi connectivity index (χ3n) is 3.36. The van der Waals surface area contributed by atoms with E-state index in [9.17, 15) is 0 Å². The van der Waals surface area contributed by atoms with Crippen LogP contribution in [0.3, 0.4) is 0 Å². The van der Waals surface area contributed by atoms with Gasteiger partial charge in [-0.25, -0.2) is 0 Å². The molecule has 21 heavy (non-hydrogen) atoms. The lowest BCUT2D eigenvalue weighted by Crippen LogP contribution is -1.90. The Bertz CT molecular complexity index is 797. The molecule has 106 valence electrons. The summed E-state index contributed by atoms with van der Waals surface area (Å²) in [4.78, 5) is 0. The van der Waals surface area contributed by atoms with Crippen molar-refractivity contribution >= 4 is 33.3 Å². The molecule has 0 aliphatic heterocycles. The van der Waals surface area contributed by atoms with E-state index in [0.29, 0.717) is 16.6 Å². The number of benzene rings is 2. The van der Waals surface area contributed by atoms with Crippen molar-refractivity contribution in [3.05, 3.63) is 57.5 Å². The Kier molecular flexibility index (Phi) is 3.74. The van der Waals surface area contributed by atoms with Gasteiger partial charge in [0.25, 0.3) is 0 Å². The summed E-state index contributed by atoms with van der Waals surface area (Å²) >= 11 is 9.47. The van der Waals surface area contributed by atoms with E-state index in [4.69, 9.17) is 21.9 Å². The van der Waals surface area contributed by atoms with Gasteiger partial charge < -0.3 is 10.3 Å². The molecule has 5 heteroatoms. The van der Waals surface area contributed by atoms with Gasteiger partial charge in [0.05, 0.1) is 5.56 Å². The quantitative estimate of drug-likeness (QED) is 0.671. The SMILES string of the molecule is Cc1c(Br)cccc1-c1onc(N)c1-c1ccc(Cl)cc1. The molecule has 0 radical (unpaired) electrons. The molecule has 3 aromatic rings. The predicted molar refractivity (Wildman–Crippen MR) is 89.2 cm³/mol. The van der Waals surface area contributed by atoms with E-state index in [2.05, 4.69) is 21.1 Å². The molecule has 1 heterocycles. The standard InChI is InChI=1S/C16H12BrClN2O/c1-9-12(3-2-4-13(9)17)15-14(16(19)20-21-15)10-5-7-11(18)8-6-10/h2-8H,1H3,(H2,19,20). The van der Waals surface area contributed by atoms with Crippen LogP contribution in [0.15, 0.2) is 51.5 Å². The van der Waals surface area contributed by atoms with Crippen LogP contribution in [0.2, 0.25) is 5.02 Å². The van der Waals surface area contributed by atoms with Gasteiger partial charge >= 0.3 is 0 Å². The van der Waals surface area contributed by atoms with Gasteiger partial charge in [0, 0.05) is 15.1 Å². The highest BCUT2D eigenvalue weighted by molar-refractivity contribution is 9.10. The van der Waals surface area contributed by atoms with Gasteiger partial charge in [0.15, 0.2) is 11.6 Å². The van der Waals surface area contributed by atoms with Crippen molar-refractivity contribution in [2.75, 3.05) is 5.73 Å². The first-order valence-corrected chi connectivity index (χ1v) is 7.51. The van der Waals surface area contributed by atoms with Crippen molar-refractivity contribution < 1.29 is 4.52 Å². The Labute approximate surface area is 135 Å². The molecule has 3 nitrogen and oxygen atoms in total. The first-order chi connectivity index (χ1) is 10.1. The van der Waals surface area contributed by atoms with E-state index in [0.717, 1.165) is 26.7 Å². The third kappa shape index (κ3) is 2.57. The largest absolute Gasteiger partial charge is 0.380 e. The van der Waals surface area contributed by atoms with Gasteiger partial charge in [0.2, 0.25) is 0 Å². The molecule has 0 bridgehead atoms. The van der Waals surface area contributed by atoms with Gasteiger partial charge in [-0.15, -0.1) is 0 Å². The minimum Gasteiger partial charge on any atom is -0.380 e. The lowest BCUT2D eigenvalue weighted by Gasteiger charge is -2.07. The highest BCUT2D eigenvalue weighted by Gasteiger charge is 2.19. The van der Waals surface area contributed by atoms with Gasteiger partial charge in [-0.05, 0) is 36.2 Å². The van der Waals surface area contributed by atoms with E-state index < -0.39 is 0 Å². The topological polar surface area (TPSA) is 52.0 Å². The van der Waals surface area contributed by atoms with Gasteiger partial charge in [0.1, 0.15) is 0 Å². The maximum absolute atomic E-state index is 5.99. The van der Waals surface area contributed by atoms with Gasteiger partial charge in [-0.2, -0.15) is 0 Å². The molecule has 0 unspecified atom stereocenters. The average Bonchev–Trinajstić information content (AvgIpc) is 2.85. The molecule has 2 aromatic carbocycles. The highest BCUT2D eigenvalue weighted by atomic mass is 79.9. The van der Waals surface area contributed by atoms with Gasteiger partial charge in [-0.3, -0.25) is 0 Å². The molecule has 1 aromatic heterocycles. The van der Waals surface area contributed by atoms with Crippen LogP contribution in [-0.4, -0.2) is 5.16 Å². The highest BCUT2D eigenvalue weighted by Crippen LogP contribution is 2.39. The zero-order valence-electron chi connectivity index (χ0n) is 11.2. The zero-order chi connectivity index (χ0) is 15.0. The van der Waals surface area contributed by atoms with Gasteiger partial charge in [-0.1, -0.05) is 57.0 Å². The fourth-order valence-electron chi connectivity index (χ4n) is 2.24. The summed E-state index contributed by atoms with van der Waals surface area (Å²) in [6, 6.07) is 13.4. The van der Waals surface area contributed by atoms with Crippen molar-refractivity contribution in [1.29, 1.82) is 0 Å². The zero-order valence-corrected chi connectivity index (χ0v) is 13.6. The summed E-state index contributed by atoms with van der Waals surface area (Å²) in [5.41, 5.74) is 9.73. The lowest BCUT2D eigenvalue weighted by molar-refractivity contribution is 0.436. The van der Waals surface area contributed by atoms with Crippen LogP contribution in [0.4, 0.5) is 5.82 Å². The Morgan fingerprint density at radius 1 is 1.14 bits per heavy atom. The van der Waals surface area contributed by atoms with E-state index in [1.54, 1.807) is 0 Å². The minimum absolute atomic E-state index is 0.367. The van der Waals surface area contributed by atoms with E-state index in [-0.39, 0.29) is 0 Å². The Morgan fingerprint density at radius 2 is 1.86 bits per heavy atom. The van der Waals surface area contributed by atoms with Crippen LogP contribution in [-0.2, 0) is 0 Å². The number of nitrogens with zero attached hydrogens (tertiary/aromatic N) is 1. The monoisotopic (exact) mass is 362 g/mol. The van der Waals surface area contributed by atoms with Crippen LogP contribution >= 0.6 is 27.5 Å². The Balaban J connectivity index is 2.22. The average molecular weight is 364 g/mol. The summed E-state index contributed by atoms with van der Waals surface area (Å²) in [6.07, 6.45) is 0. The minimum atomic E-state index is 0.367. The molecule has 0 spiro atoms. The molecular weight excluding hydrogens is 352 g/mol. The summed E-state index contributed by atoms with van der Waals surface area (Å²) in [6.45, 7) is 2.02. The van der Waals surface area contributed by atoms with E-state index in [1.165, 1.54) is 0 Å². The molecular formula is C16H12BrClN2O. The van der Waals surface area contributed by atoms with Crippen LogP contribution < -0.4 is 5.73 Å². The number of anilines is 1. The third-order valence-corrected chi connectivity index (χ3v) is 4.47. The number of hydrogen-bond donors (Lipinski definition) is 1.